The Kier molecular flexibility index (Phi) is 12.0. The number of aliphatic carboxylic acids is 3. The van der Waals surface area contributed by atoms with E-state index in [4.69, 9.17) is 15.9 Å². The minimum absolute atomic E-state index is 0.0666. The standard InChI is InChI=1S/C21H32N6O9/c1-3-10(2)17(20(34)26-14(21(35)36)7-16(30)31)27-19(33)13(4-5-15(28)29)25-18(32)12(22)6-11-8-23-9-24-11/h8-10,12-14,17H,3-7,22H2,1-2H3,(H,23,24)(H,25,32)(H,26,34)(H,27,33)(H,28,29)(H,30,31)(H,35,36). The second-order valence-corrected chi connectivity index (χ2v) is 8.25. The largest absolute Gasteiger partial charge is 0.481 e. The van der Waals surface area contributed by atoms with Crippen molar-refractivity contribution in [1.29, 1.82) is 0 Å². The number of hydrogen-bond acceptors (Lipinski definition) is 8. The van der Waals surface area contributed by atoms with E-state index in [-0.39, 0.29) is 12.8 Å². The van der Waals surface area contributed by atoms with E-state index in [9.17, 15) is 33.9 Å². The summed E-state index contributed by atoms with van der Waals surface area (Å²) in [6.45, 7) is 3.31. The number of H-pyrrole nitrogens is 1. The Hall–Kier alpha value is -4.01. The highest BCUT2D eigenvalue weighted by molar-refractivity contribution is 5.95. The fraction of sp³-hybridized carbons (Fsp3) is 0.571. The van der Waals surface area contributed by atoms with E-state index in [0.717, 1.165) is 0 Å². The van der Waals surface area contributed by atoms with Crippen LogP contribution < -0.4 is 21.7 Å². The molecule has 15 nitrogen and oxygen atoms in total. The quantitative estimate of drug-likeness (QED) is 0.123. The third kappa shape index (κ3) is 10.1. The van der Waals surface area contributed by atoms with E-state index in [1.807, 2.05) is 0 Å². The molecule has 0 bridgehead atoms. The number of nitrogens with zero attached hydrogens (tertiary/aromatic N) is 1. The van der Waals surface area contributed by atoms with Crippen LogP contribution in [0.4, 0.5) is 0 Å². The summed E-state index contributed by atoms with van der Waals surface area (Å²) in [5, 5.41) is 34.0. The first-order chi connectivity index (χ1) is 16.8. The van der Waals surface area contributed by atoms with Gasteiger partial charge in [0, 0.05) is 24.7 Å². The SMILES string of the molecule is CCC(C)C(NC(=O)C(CCC(=O)O)NC(=O)C(N)Cc1cnc[nH]1)C(=O)NC(CC(=O)O)C(=O)O. The molecule has 1 rings (SSSR count). The van der Waals surface area contributed by atoms with Crippen LogP contribution in [0.15, 0.2) is 12.5 Å². The Balaban J connectivity index is 3.01. The summed E-state index contributed by atoms with van der Waals surface area (Å²) in [4.78, 5) is 78.2. The fourth-order valence-corrected chi connectivity index (χ4v) is 3.13. The molecule has 1 aromatic rings. The Labute approximate surface area is 206 Å². The van der Waals surface area contributed by atoms with Gasteiger partial charge in [-0.2, -0.15) is 0 Å². The van der Waals surface area contributed by atoms with Crippen molar-refractivity contribution in [2.24, 2.45) is 11.7 Å². The molecule has 0 aliphatic rings. The maximum atomic E-state index is 13.0. The van der Waals surface area contributed by atoms with Crippen LogP contribution in [0.5, 0.6) is 0 Å². The molecule has 1 heterocycles. The lowest BCUT2D eigenvalue weighted by molar-refractivity contribution is -0.147. The highest BCUT2D eigenvalue weighted by atomic mass is 16.4. The van der Waals surface area contributed by atoms with Crippen molar-refractivity contribution in [3.05, 3.63) is 18.2 Å². The number of nitrogens with one attached hydrogen (secondary N) is 4. The number of carboxylic acids is 3. The number of hydrogen-bond donors (Lipinski definition) is 8. The van der Waals surface area contributed by atoms with Crippen molar-refractivity contribution in [2.45, 2.75) is 70.1 Å². The fourth-order valence-electron chi connectivity index (χ4n) is 3.13. The molecule has 36 heavy (non-hydrogen) atoms. The lowest BCUT2D eigenvalue weighted by Gasteiger charge is -2.27. The third-order valence-corrected chi connectivity index (χ3v) is 5.40. The number of amides is 3. The van der Waals surface area contributed by atoms with E-state index in [2.05, 4.69) is 25.9 Å². The zero-order valence-corrected chi connectivity index (χ0v) is 19.9. The van der Waals surface area contributed by atoms with Crippen molar-refractivity contribution in [3.8, 4) is 0 Å². The Bertz CT molecular complexity index is 936. The van der Waals surface area contributed by atoms with E-state index in [1.165, 1.54) is 12.5 Å². The van der Waals surface area contributed by atoms with Crippen LogP contribution >= 0.6 is 0 Å². The first kappa shape index (κ1) is 30.0. The molecule has 5 atom stereocenters. The van der Waals surface area contributed by atoms with Crippen molar-refractivity contribution in [1.82, 2.24) is 25.9 Å². The average Bonchev–Trinajstić information content (AvgIpc) is 3.31. The molecule has 5 unspecified atom stereocenters. The van der Waals surface area contributed by atoms with Crippen LogP contribution in [0.25, 0.3) is 0 Å². The summed E-state index contributed by atoms with van der Waals surface area (Å²) in [6.07, 6.45) is 1.63. The predicted octanol–water partition coefficient (Wildman–Crippen LogP) is -1.80. The maximum absolute atomic E-state index is 13.0. The van der Waals surface area contributed by atoms with Crippen LogP contribution in [0.2, 0.25) is 0 Å². The van der Waals surface area contributed by atoms with E-state index in [0.29, 0.717) is 12.1 Å². The lowest BCUT2D eigenvalue weighted by Crippen LogP contribution is -2.59. The summed E-state index contributed by atoms with van der Waals surface area (Å²) < 4.78 is 0. The molecule has 0 radical (unpaired) electrons. The van der Waals surface area contributed by atoms with Gasteiger partial charge in [0.2, 0.25) is 17.7 Å². The van der Waals surface area contributed by atoms with Crippen molar-refractivity contribution in [3.63, 3.8) is 0 Å². The van der Waals surface area contributed by atoms with Crippen molar-refractivity contribution in [2.75, 3.05) is 0 Å². The minimum atomic E-state index is -1.73. The van der Waals surface area contributed by atoms with Crippen LogP contribution in [-0.2, 0) is 35.2 Å². The molecule has 0 saturated carbocycles. The molecule has 200 valence electrons. The predicted molar refractivity (Wildman–Crippen MR) is 122 cm³/mol. The number of imidazole rings is 1. The van der Waals surface area contributed by atoms with Gasteiger partial charge in [0.15, 0.2) is 0 Å². The number of carbonyl (C=O) groups excluding carboxylic acids is 3. The van der Waals surface area contributed by atoms with Crippen molar-refractivity contribution < 1.29 is 44.1 Å². The number of carboxylic acid groups (broad SMARTS) is 3. The number of carbonyl (C=O) groups is 6. The second-order valence-electron chi connectivity index (χ2n) is 8.25. The Morgan fingerprint density at radius 2 is 1.61 bits per heavy atom. The topological polar surface area (TPSA) is 254 Å². The summed E-state index contributed by atoms with van der Waals surface area (Å²) in [6, 6.07) is -5.48. The highest BCUT2D eigenvalue weighted by Gasteiger charge is 2.33. The monoisotopic (exact) mass is 512 g/mol. The molecule has 0 aromatic carbocycles. The normalized spacial score (nSPS) is 15.0. The molecule has 0 aliphatic heterocycles. The Morgan fingerprint density at radius 1 is 0.972 bits per heavy atom. The average molecular weight is 513 g/mol. The van der Waals surface area contributed by atoms with Gasteiger partial charge in [0.1, 0.15) is 18.1 Å². The van der Waals surface area contributed by atoms with Gasteiger partial charge in [-0.1, -0.05) is 20.3 Å². The van der Waals surface area contributed by atoms with Gasteiger partial charge < -0.3 is 42.0 Å². The molecule has 3 amide bonds. The number of rotatable bonds is 16. The van der Waals surface area contributed by atoms with Gasteiger partial charge in [-0.25, -0.2) is 9.78 Å². The highest BCUT2D eigenvalue weighted by Crippen LogP contribution is 2.11. The molecular formula is C21H32N6O9. The smallest absolute Gasteiger partial charge is 0.326 e. The van der Waals surface area contributed by atoms with Gasteiger partial charge >= 0.3 is 17.9 Å². The second kappa shape index (κ2) is 14.4. The van der Waals surface area contributed by atoms with Crippen LogP contribution in [-0.4, -0.2) is 85.1 Å². The first-order valence-electron chi connectivity index (χ1n) is 11.2. The zero-order chi connectivity index (χ0) is 27.4. The van der Waals surface area contributed by atoms with Gasteiger partial charge in [-0.15, -0.1) is 0 Å². The number of nitrogens with two attached hydrogens (primary N) is 1. The molecule has 15 heteroatoms. The lowest BCUT2D eigenvalue weighted by atomic mass is 9.97. The Morgan fingerprint density at radius 3 is 2.11 bits per heavy atom. The minimum Gasteiger partial charge on any atom is -0.481 e. The van der Waals surface area contributed by atoms with Crippen LogP contribution in [0.1, 0.15) is 45.2 Å². The van der Waals surface area contributed by atoms with Gasteiger partial charge in [0.25, 0.3) is 0 Å². The maximum Gasteiger partial charge on any atom is 0.326 e. The molecule has 9 N–H and O–H groups in total. The number of aromatic nitrogens is 2. The molecule has 1 aromatic heterocycles. The van der Waals surface area contributed by atoms with Gasteiger partial charge in [-0.05, 0) is 12.3 Å². The molecule has 0 saturated heterocycles. The first-order valence-corrected chi connectivity index (χ1v) is 11.2. The molecule has 0 spiro atoms. The van der Waals surface area contributed by atoms with Crippen molar-refractivity contribution >= 4 is 35.6 Å². The number of aromatic amines is 1. The summed E-state index contributed by atoms with van der Waals surface area (Å²) in [7, 11) is 0. The molecular weight excluding hydrogens is 480 g/mol. The van der Waals surface area contributed by atoms with Crippen LogP contribution in [0.3, 0.4) is 0 Å². The van der Waals surface area contributed by atoms with E-state index in [1.54, 1.807) is 13.8 Å². The van der Waals surface area contributed by atoms with Gasteiger partial charge in [0.05, 0.1) is 18.8 Å². The molecule has 0 fully saturated rings. The summed E-state index contributed by atoms with van der Waals surface area (Å²) in [5.74, 6) is -7.33. The van der Waals surface area contributed by atoms with E-state index >= 15 is 0 Å². The summed E-state index contributed by atoms with van der Waals surface area (Å²) in [5.41, 5.74) is 6.44. The van der Waals surface area contributed by atoms with Gasteiger partial charge in [-0.3, -0.25) is 24.0 Å². The van der Waals surface area contributed by atoms with Crippen LogP contribution in [0, 0.1) is 5.92 Å². The van der Waals surface area contributed by atoms with E-state index < -0.39 is 78.6 Å². The third-order valence-electron chi connectivity index (χ3n) is 5.40. The summed E-state index contributed by atoms with van der Waals surface area (Å²) >= 11 is 0. The zero-order valence-electron chi connectivity index (χ0n) is 19.9. The molecule has 0 aliphatic carbocycles.